The third-order valence-electron chi connectivity index (χ3n) is 4.33. The lowest BCUT2D eigenvalue weighted by Crippen LogP contribution is -2.38. The molecule has 3 rings (SSSR count). The molecule has 0 radical (unpaired) electrons. The zero-order chi connectivity index (χ0) is 18.0. The molecule has 1 amide bonds. The molecule has 0 aliphatic heterocycles. The van der Waals surface area contributed by atoms with Crippen molar-refractivity contribution in [2.45, 2.75) is 33.1 Å². The predicted octanol–water partition coefficient (Wildman–Crippen LogP) is 2.54. The smallest absolute Gasteiger partial charge is 0.323 e. The lowest BCUT2D eigenvalue weighted by molar-refractivity contribution is -0.137. The molecule has 6 heteroatoms. The van der Waals surface area contributed by atoms with Gasteiger partial charge in [0.2, 0.25) is 0 Å². The van der Waals surface area contributed by atoms with Crippen molar-refractivity contribution >= 4 is 11.9 Å². The van der Waals surface area contributed by atoms with Gasteiger partial charge in [-0.25, -0.2) is 4.68 Å². The van der Waals surface area contributed by atoms with Crippen LogP contribution in [0.25, 0.3) is 5.69 Å². The Morgan fingerprint density at radius 1 is 1.24 bits per heavy atom. The van der Waals surface area contributed by atoms with Crippen molar-refractivity contribution in [1.82, 2.24) is 14.7 Å². The van der Waals surface area contributed by atoms with E-state index in [1.807, 2.05) is 48.9 Å². The number of carbonyl (C=O) groups is 2. The second kappa shape index (κ2) is 7.09. The fourth-order valence-corrected chi connectivity index (χ4v) is 3.37. The van der Waals surface area contributed by atoms with Crippen LogP contribution in [0.15, 0.2) is 30.3 Å². The van der Waals surface area contributed by atoms with Crippen LogP contribution in [0, 0.1) is 5.92 Å². The number of rotatable bonds is 6. The van der Waals surface area contributed by atoms with Crippen LogP contribution < -0.4 is 0 Å². The number of hydrogen-bond acceptors (Lipinski definition) is 3. The van der Waals surface area contributed by atoms with Crippen molar-refractivity contribution in [3.05, 3.63) is 47.3 Å². The number of carboxylic acids is 1. The summed E-state index contributed by atoms with van der Waals surface area (Å²) in [5.41, 5.74) is 3.36. The van der Waals surface area contributed by atoms with E-state index in [0.717, 1.165) is 36.2 Å². The SMILES string of the molecule is CC(C)CN(CC(=O)O)C(=O)c1nn(-c2ccccc2)c2c1CCC2. The molecule has 0 unspecified atom stereocenters. The van der Waals surface area contributed by atoms with E-state index < -0.39 is 5.97 Å². The minimum Gasteiger partial charge on any atom is -0.480 e. The molecule has 0 saturated carbocycles. The Balaban J connectivity index is 1.99. The van der Waals surface area contributed by atoms with E-state index in [1.165, 1.54) is 4.90 Å². The molecule has 1 N–H and O–H groups in total. The van der Waals surface area contributed by atoms with E-state index in [4.69, 9.17) is 5.11 Å². The highest BCUT2D eigenvalue weighted by molar-refractivity contribution is 5.96. The van der Waals surface area contributed by atoms with Crippen molar-refractivity contribution in [3.63, 3.8) is 0 Å². The normalized spacial score (nSPS) is 13.1. The van der Waals surface area contributed by atoms with E-state index in [2.05, 4.69) is 5.10 Å². The number of carboxylic acid groups (broad SMARTS) is 1. The first-order valence-electron chi connectivity index (χ1n) is 8.64. The highest BCUT2D eigenvalue weighted by Gasteiger charge is 2.30. The fourth-order valence-electron chi connectivity index (χ4n) is 3.37. The number of benzene rings is 1. The van der Waals surface area contributed by atoms with Gasteiger partial charge in [0.05, 0.1) is 5.69 Å². The van der Waals surface area contributed by atoms with E-state index in [-0.39, 0.29) is 18.4 Å². The monoisotopic (exact) mass is 341 g/mol. The van der Waals surface area contributed by atoms with Crippen LogP contribution in [0.4, 0.5) is 0 Å². The summed E-state index contributed by atoms with van der Waals surface area (Å²) in [5, 5.41) is 13.7. The molecule has 0 fully saturated rings. The number of hydrogen-bond donors (Lipinski definition) is 1. The minimum absolute atomic E-state index is 0.188. The summed E-state index contributed by atoms with van der Waals surface area (Å²) in [5.74, 6) is -1.11. The molecular formula is C19H23N3O3. The number of amides is 1. The Kier molecular flexibility index (Phi) is 4.88. The van der Waals surface area contributed by atoms with Gasteiger partial charge >= 0.3 is 5.97 Å². The van der Waals surface area contributed by atoms with Crippen molar-refractivity contribution in [2.24, 2.45) is 5.92 Å². The third kappa shape index (κ3) is 3.57. The maximum atomic E-state index is 13.0. The number of aliphatic carboxylic acids is 1. The van der Waals surface area contributed by atoms with Crippen LogP contribution in [0.5, 0.6) is 0 Å². The van der Waals surface area contributed by atoms with Gasteiger partial charge in [-0.15, -0.1) is 0 Å². The molecule has 0 spiro atoms. The number of para-hydroxylation sites is 1. The summed E-state index contributed by atoms with van der Waals surface area (Å²) in [7, 11) is 0. The topological polar surface area (TPSA) is 75.4 Å². The van der Waals surface area contributed by atoms with Gasteiger partial charge in [-0.3, -0.25) is 9.59 Å². The first-order valence-corrected chi connectivity index (χ1v) is 8.64. The highest BCUT2D eigenvalue weighted by Crippen LogP contribution is 2.28. The highest BCUT2D eigenvalue weighted by atomic mass is 16.4. The average molecular weight is 341 g/mol. The first-order chi connectivity index (χ1) is 12.0. The third-order valence-corrected chi connectivity index (χ3v) is 4.33. The van der Waals surface area contributed by atoms with Crippen molar-refractivity contribution in [2.75, 3.05) is 13.1 Å². The van der Waals surface area contributed by atoms with Crippen LogP contribution in [0.1, 0.15) is 42.0 Å². The molecule has 1 aromatic carbocycles. The molecule has 6 nitrogen and oxygen atoms in total. The summed E-state index contributed by atoms with van der Waals surface area (Å²) >= 11 is 0. The van der Waals surface area contributed by atoms with Gasteiger partial charge in [0.15, 0.2) is 5.69 Å². The van der Waals surface area contributed by atoms with Gasteiger partial charge in [-0.05, 0) is 37.3 Å². The molecule has 2 aromatic rings. The quantitative estimate of drug-likeness (QED) is 0.876. The summed E-state index contributed by atoms with van der Waals surface area (Å²) < 4.78 is 1.84. The lowest BCUT2D eigenvalue weighted by atomic mass is 10.1. The summed E-state index contributed by atoms with van der Waals surface area (Å²) in [4.78, 5) is 25.6. The molecule has 132 valence electrons. The molecule has 1 heterocycles. The Morgan fingerprint density at radius 2 is 1.96 bits per heavy atom. The summed E-state index contributed by atoms with van der Waals surface area (Å²) in [6, 6.07) is 9.74. The maximum absolute atomic E-state index is 13.0. The first kappa shape index (κ1) is 17.2. The number of carbonyl (C=O) groups excluding carboxylic acids is 1. The van der Waals surface area contributed by atoms with Crippen LogP contribution in [0.2, 0.25) is 0 Å². The van der Waals surface area contributed by atoms with Gasteiger partial charge in [-0.2, -0.15) is 5.10 Å². The van der Waals surface area contributed by atoms with E-state index in [0.29, 0.717) is 12.2 Å². The van der Waals surface area contributed by atoms with Gasteiger partial charge in [-0.1, -0.05) is 32.0 Å². The second-order valence-electron chi connectivity index (χ2n) is 6.85. The molecule has 0 saturated heterocycles. The maximum Gasteiger partial charge on any atom is 0.323 e. The van der Waals surface area contributed by atoms with Crippen LogP contribution in [-0.4, -0.2) is 44.8 Å². The molecule has 25 heavy (non-hydrogen) atoms. The van der Waals surface area contributed by atoms with E-state index in [1.54, 1.807) is 0 Å². The summed E-state index contributed by atoms with van der Waals surface area (Å²) in [6.07, 6.45) is 2.68. The van der Waals surface area contributed by atoms with Crippen LogP contribution >= 0.6 is 0 Å². The molecule has 1 aromatic heterocycles. The molecule has 1 aliphatic carbocycles. The fraction of sp³-hybridized carbons (Fsp3) is 0.421. The minimum atomic E-state index is -1.01. The second-order valence-corrected chi connectivity index (χ2v) is 6.85. The zero-order valence-corrected chi connectivity index (χ0v) is 14.6. The average Bonchev–Trinajstić information content (AvgIpc) is 3.15. The van der Waals surface area contributed by atoms with Gasteiger partial charge < -0.3 is 10.0 Å². The number of aromatic nitrogens is 2. The predicted molar refractivity (Wildman–Crippen MR) is 94.0 cm³/mol. The van der Waals surface area contributed by atoms with E-state index >= 15 is 0 Å². The van der Waals surface area contributed by atoms with E-state index in [9.17, 15) is 9.59 Å². The standard InChI is InChI=1S/C19H23N3O3/c1-13(2)11-21(12-17(23)24)19(25)18-15-9-6-10-16(15)22(20-18)14-7-4-3-5-8-14/h3-5,7-8,13H,6,9-12H2,1-2H3,(H,23,24). The van der Waals surface area contributed by atoms with Crippen molar-refractivity contribution in [3.8, 4) is 5.69 Å². The Labute approximate surface area is 147 Å². The Morgan fingerprint density at radius 3 is 2.60 bits per heavy atom. The summed E-state index contributed by atoms with van der Waals surface area (Å²) in [6.45, 7) is 4.03. The Bertz CT molecular complexity index is 781. The molecule has 1 aliphatic rings. The molecular weight excluding hydrogens is 318 g/mol. The molecule has 0 bridgehead atoms. The number of nitrogens with zero attached hydrogens (tertiary/aromatic N) is 3. The van der Waals surface area contributed by atoms with Gasteiger partial charge in [0, 0.05) is 17.8 Å². The van der Waals surface area contributed by atoms with Crippen molar-refractivity contribution in [1.29, 1.82) is 0 Å². The van der Waals surface area contributed by atoms with Crippen LogP contribution in [0.3, 0.4) is 0 Å². The molecule has 0 atom stereocenters. The number of fused-ring (bicyclic) bond motifs is 1. The van der Waals surface area contributed by atoms with Crippen molar-refractivity contribution < 1.29 is 14.7 Å². The largest absolute Gasteiger partial charge is 0.480 e. The van der Waals surface area contributed by atoms with Crippen LogP contribution in [-0.2, 0) is 17.6 Å². The Hall–Kier alpha value is -2.63. The zero-order valence-electron chi connectivity index (χ0n) is 14.6. The van der Waals surface area contributed by atoms with Gasteiger partial charge in [0.1, 0.15) is 6.54 Å². The lowest BCUT2D eigenvalue weighted by Gasteiger charge is -2.22. The van der Waals surface area contributed by atoms with Gasteiger partial charge in [0.25, 0.3) is 5.91 Å².